The Balaban J connectivity index is 1.20. The van der Waals surface area contributed by atoms with Crippen molar-refractivity contribution in [1.29, 1.82) is 0 Å². The molecule has 6 heterocycles. The fraction of sp³-hybridized carbons (Fsp3) is 0.510. The highest BCUT2D eigenvalue weighted by Gasteiger charge is 2.82. The van der Waals surface area contributed by atoms with Crippen LogP contribution in [0.5, 0.6) is 0 Å². The minimum absolute atomic E-state index is 0.100. The molecule has 6 heteroatoms. The van der Waals surface area contributed by atoms with E-state index in [1.165, 1.54) is 60.8 Å². The van der Waals surface area contributed by atoms with Crippen LogP contribution in [0, 0.1) is 26.7 Å². The van der Waals surface area contributed by atoms with Gasteiger partial charge in [-0.3, -0.25) is 9.88 Å². The largest absolute Gasteiger partial charge is 0.342 e. The predicted molar refractivity (Wildman–Crippen MR) is 225 cm³/mol. The molecule has 6 aromatic rings. The molecule has 4 aromatic heterocycles. The van der Waals surface area contributed by atoms with Crippen molar-refractivity contribution < 1.29 is 8.97 Å². The molecule has 10 rings (SSSR count). The molecule has 0 N–H and O–H groups in total. The van der Waals surface area contributed by atoms with Crippen LogP contribution in [0.25, 0.3) is 38.2 Å². The first kappa shape index (κ1) is 35.1. The van der Waals surface area contributed by atoms with E-state index in [1.807, 2.05) is 0 Å². The average Bonchev–Trinajstić information content (AvgIpc) is 3.37. The van der Waals surface area contributed by atoms with E-state index in [4.69, 9.17) is 4.98 Å². The van der Waals surface area contributed by atoms with Crippen LogP contribution in [0.3, 0.4) is 0 Å². The number of anilines is 1. The molecule has 0 bridgehead atoms. The number of hydrogen-bond acceptors (Lipinski definition) is 3. The third kappa shape index (κ3) is 4.11. The van der Waals surface area contributed by atoms with Gasteiger partial charge in [-0.2, -0.15) is 4.57 Å². The third-order valence-electron chi connectivity index (χ3n) is 15.1. The number of rotatable bonds is 5. The maximum absolute atomic E-state index is 15.6. The van der Waals surface area contributed by atoms with Gasteiger partial charge >= 0.3 is 5.56 Å². The van der Waals surface area contributed by atoms with E-state index < -0.39 is 0 Å². The average molecular weight is 734 g/mol. The van der Waals surface area contributed by atoms with E-state index in [2.05, 4.69) is 150 Å². The van der Waals surface area contributed by atoms with Gasteiger partial charge in [-0.05, 0) is 80.8 Å². The van der Waals surface area contributed by atoms with Crippen LogP contribution in [-0.2, 0) is 33.7 Å². The fourth-order valence-corrected chi connectivity index (χ4v) is 13.5. The van der Waals surface area contributed by atoms with Gasteiger partial charge in [0.05, 0.1) is 34.6 Å². The van der Waals surface area contributed by atoms with Crippen LogP contribution >= 0.6 is 0 Å². The van der Waals surface area contributed by atoms with E-state index in [0.717, 1.165) is 67.7 Å². The molecular weight excluding hydrogens is 675 g/mol. The molecule has 2 aliphatic carbocycles. The molecule has 1 saturated carbocycles. The molecule has 6 nitrogen and oxygen atoms in total. The van der Waals surface area contributed by atoms with Crippen molar-refractivity contribution in [1.82, 2.24) is 9.55 Å². The molecule has 4 aliphatic rings. The predicted octanol–water partition coefficient (Wildman–Crippen LogP) is 9.22. The molecule has 0 saturated heterocycles. The SMILES string of the molecule is CCC12c3cc(C(C)(C)C)nc4cc[n+]5c6c(c(=O)n(c5c34)C1(CC)C2CCN1CC[n+]2c1c1c(C)cccc1c1cc(C)cc(C)c12)C(C)(C)CC6(C)C. The van der Waals surface area contributed by atoms with Crippen molar-refractivity contribution in [3.05, 3.63) is 98.2 Å². The second kappa shape index (κ2) is 10.7. The fourth-order valence-electron chi connectivity index (χ4n) is 13.5. The number of pyridine rings is 3. The lowest BCUT2D eigenvalue weighted by atomic mass is 9.79. The summed E-state index contributed by atoms with van der Waals surface area (Å²) in [4.78, 5) is 23.7. The summed E-state index contributed by atoms with van der Waals surface area (Å²) >= 11 is 0. The second-order valence-corrected chi connectivity index (χ2v) is 20.3. The summed E-state index contributed by atoms with van der Waals surface area (Å²) in [5.41, 5.74) is 11.6. The summed E-state index contributed by atoms with van der Waals surface area (Å²) in [7, 11) is 0. The summed E-state index contributed by atoms with van der Waals surface area (Å²) in [5, 5.41) is 5.30. The van der Waals surface area contributed by atoms with Crippen molar-refractivity contribution in [3.63, 3.8) is 0 Å². The Morgan fingerprint density at radius 2 is 1.67 bits per heavy atom. The summed E-state index contributed by atoms with van der Waals surface area (Å²) in [6, 6.07) is 16.3. The Kier molecular flexibility index (Phi) is 6.86. The second-order valence-electron chi connectivity index (χ2n) is 20.3. The lowest BCUT2D eigenvalue weighted by molar-refractivity contribution is -0.643. The minimum Gasteiger partial charge on any atom is -0.257 e. The van der Waals surface area contributed by atoms with Crippen LogP contribution < -0.4 is 19.4 Å². The number of benzene rings is 2. The zero-order valence-corrected chi connectivity index (χ0v) is 35.3. The Hall–Kier alpha value is -4.32. The molecule has 0 amide bonds. The van der Waals surface area contributed by atoms with E-state index in [-0.39, 0.29) is 32.8 Å². The number of hydrogen-bond donors (Lipinski definition) is 0. The van der Waals surface area contributed by atoms with Crippen molar-refractivity contribution in [3.8, 4) is 0 Å². The van der Waals surface area contributed by atoms with Gasteiger partial charge in [0.25, 0.3) is 11.5 Å². The topological polar surface area (TPSA) is 46.1 Å². The van der Waals surface area contributed by atoms with Crippen LogP contribution in [0.4, 0.5) is 5.82 Å². The maximum atomic E-state index is 15.6. The van der Waals surface area contributed by atoms with Gasteiger partial charge in [-0.25, -0.2) is 13.8 Å². The summed E-state index contributed by atoms with van der Waals surface area (Å²) in [6.07, 6.45) is 6.13. The monoisotopic (exact) mass is 733 g/mol. The van der Waals surface area contributed by atoms with Crippen molar-refractivity contribution in [2.75, 3.05) is 18.0 Å². The van der Waals surface area contributed by atoms with Gasteiger partial charge in [-0.1, -0.05) is 86.6 Å². The molecule has 3 unspecified atom stereocenters. The number of fused-ring (bicyclic) bond motifs is 11. The minimum atomic E-state index is -0.315. The lowest BCUT2D eigenvalue weighted by Gasteiger charge is -2.31. The van der Waals surface area contributed by atoms with Crippen molar-refractivity contribution in [2.45, 2.75) is 143 Å². The third-order valence-corrected chi connectivity index (χ3v) is 15.1. The molecule has 2 aromatic carbocycles. The highest BCUT2D eigenvalue weighted by Crippen LogP contribution is 2.75. The molecule has 2 aliphatic heterocycles. The first-order valence-electron chi connectivity index (χ1n) is 21.1. The van der Waals surface area contributed by atoms with Crippen molar-refractivity contribution >= 4 is 44.0 Å². The van der Waals surface area contributed by atoms with Crippen LogP contribution in [0.15, 0.2) is 53.5 Å². The van der Waals surface area contributed by atoms with E-state index in [1.54, 1.807) is 0 Å². The van der Waals surface area contributed by atoms with Gasteiger partial charge in [0, 0.05) is 50.1 Å². The zero-order chi connectivity index (χ0) is 38.9. The Morgan fingerprint density at radius 1 is 0.909 bits per heavy atom. The van der Waals surface area contributed by atoms with Crippen LogP contribution in [-0.4, -0.2) is 22.6 Å². The van der Waals surface area contributed by atoms with E-state index in [9.17, 15) is 0 Å². The highest BCUT2D eigenvalue weighted by atomic mass is 16.1. The number of nitrogens with zero attached hydrogens (tertiary/aromatic N) is 5. The molecule has 0 spiro atoms. The Bertz CT molecular complexity index is 2780. The van der Waals surface area contributed by atoms with Gasteiger partial charge in [-0.15, -0.1) is 0 Å². The van der Waals surface area contributed by atoms with Crippen LogP contribution in [0.2, 0.25) is 0 Å². The van der Waals surface area contributed by atoms with Gasteiger partial charge in [0.1, 0.15) is 29.8 Å². The zero-order valence-electron chi connectivity index (χ0n) is 35.3. The molecular formula is C49H59N5O+2. The Labute approximate surface area is 326 Å². The summed E-state index contributed by atoms with van der Waals surface area (Å²) in [5.74, 6) is 1.68. The van der Waals surface area contributed by atoms with E-state index in [0.29, 0.717) is 5.92 Å². The van der Waals surface area contributed by atoms with Gasteiger partial charge in [0.2, 0.25) is 0 Å². The maximum Gasteiger partial charge on any atom is 0.342 e. The van der Waals surface area contributed by atoms with Gasteiger partial charge in [0.15, 0.2) is 0 Å². The standard InChI is InChI=1S/C49H59N5O/c1-13-48-33-26-36(45(6,7)8)50-34-18-21-53-41-39(46(9,10)27-47(41,11)12)44(55)54(43(53)38(33)34)49(48,14-2)35(48)19-20-51-22-23-52-40-30(5)24-28(3)25-32(40)31-17-15-16-29(4)37(31)42(51)52/h15-18,21,24-26,35H,13-14,19-20,22-23,27H2,1-12H3/q+2. The molecule has 55 heavy (non-hydrogen) atoms. The molecule has 3 atom stereocenters. The van der Waals surface area contributed by atoms with E-state index >= 15 is 4.79 Å². The Morgan fingerprint density at radius 3 is 2.38 bits per heavy atom. The smallest absolute Gasteiger partial charge is 0.257 e. The first-order chi connectivity index (χ1) is 25.9. The van der Waals surface area contributed by atoms with Crippen molar-refractivity contribution in [2.24, 2.45) is 5.92 Å². The summed E-state index contributed by atoms with van der Waals surface area (Å²) in [6.45, 7) is 30.6. The van der Waals surface area contributed by atoms with Crippen LogP contribution in [0.1, 0.15) is 127 Å². The number of aryl methyl sites for hydroxylation is 3. The summed E-state index contributed by atoms with van der Waals surface area (Å²) < 4.78 is 7.43. The van der Waals surface area contributed by atoms with Gasteiger partial charge < -0.3 is 0 Å². The molecule has 0 radical (unpaired) electrons. The lowest BCUT2D eigenvalue weighted by Crippen LogP contribution is -2.50. The molecule has 1 fully saturated rings. The molecule has 284 valence electrons. The highest BCUT2D eigenvalue weighted by molar-refractivity contribution is 6.10. The first-order valence-corrected chi connectivity index (χ1v) is 21.1. The number of aromatic nitrogens is 4. The normalized spacial score (nSPS) is 24.4. The quantitative estimate of drug-likeness (QED) is 0.131.